The Morgan fingerprint density at radius 2 is 1.90 bits per heavy atom. The van der Waals surface area contributed by atoms with Gasteiger partial charge in [-0.3, -0.25) is 9.36 Å². The van der Waals surface area contributed by atoms with Crippen LogP contribution < -0.4 is 5.32 Å². The molecule has 0 spiro atoms. The predicted molar refractivity (Wildman–Crippen MR) is 113 cm³/mol. The monoisotopic (exact) mass is 425 g/mol. The van der Waals surface area contributed by atoms with Gasteiger partial charge < -0.3 is 5.32 Å². The summed E-state index contributed by atoms with van der Waals surface area (Å²) in [6, 6.07) is 12.0. The van der Waals surface area contributed by atoms with Crippen LogP contribution in [0.4, 0.5) is 5.82 Å². The Kier molecular flexibility index (Phi) is 5.40. The molecule has 1 aromatic carbocycles. The number of hydrogen-bond acceptors (Lipinski definition) is 5. The van der Waals surface area contributed by atoms with Crippen molar-refractivity contribution in [1.29, 1.82) is 0 Å². The predicted octanol–water partition coefficient (Wildman–Crippen LogP) is 3.07. The molecular formula is C21H23N5O3S. The molecule has 1 aliphatic rings. The topological polar surface area (TPSA) is 97.2 Å². The van der Waals surface area contributed by atoms with E-state index in [-0.39, 0.29) is 17.1 Å². The molecule has 0 aliphatic carbocycles. The number of benzene rings is 1. The first kappa shape index (κ1) is 20.2. The van der Waals surface area contributed by atoms with Gasteiger partial charge >= 0.3 is 0 Å². The summed E-state index contributed by atoms with van der Waals surface area (Å²) in [5, 5.41) is 2.73. The van der Waals surface area contributed by atoms with Gasteiger partial charge in [0.25, 0.3) is 5.91 Å². The minimum absolute atomic E-state index is 0.0642. The Bertz CT molecular complexity index is 1170. The number of para-hydroxylation sites is 1. The molecule has 1 amide bonds. The van der Waals surface area contributed by atoms with Crippen LogP contribution in [-0.2, 0) is 16.6 Å². The molecule has 2 aromatic heterocycles. The van der Waals surface area contributed by atoms with Crippen molar-refractivity contribution in [2.45, 2.75) is 31.7 Å². The summed E-state index contributed by atoms with van der Waals surface area (Å²) in [4.78, 5) is 21.5. The average molecular weight is 426 g/mol. The van der Waals surface area contributed by atoms with Gasteiger partial charge in [0.05, 0.1) is 17.9 Å². The maximum absolute atomic E-state index is 13.4. The van der Waals surface area contributed by atoms with Gasteiger partial charge in [-0.1, -0.05) is 32.0 Å². The van der Waals surface area contributed by atoms with E-state index in [9.17, 15) is 13.2 Å². The largest absolute Gasteiger partial charge is 0.305 e. The highest BCUT2D eigenvalue weighted by atomic mass is 32.2. The third kappa shape index (κ3) is 3.73. The summed E-state index contributed by atoms with van der Waals surface area (Å²) in [6.07, 6.45) is 3.80. The Morgan fingerprint density at radius 3 is 2.63 bits per heavy atom. The van der Waals surface area contributed by atoms with Gasteiger partial charge in [0.2, 0.25) is 10.0 Å². The van der Waals surface area contributed by atoms with Crippen LogP contribution in [0.1, 0.15) is 36.5 Å². The van der Waals surface area contributed by atoms with Gasteiger partial charge in [-0.15, -0.1) is 0 Å². The zero-order chi connectivity index (χ0) is 21.3. The number of rotatable bonds is 5. The van der Waals surface area contributed by atoms with Crippen molar-refractivity contribution in [2.24, 2.45) is 5.92 Å². The van der Waals surface area contributed by atoms with E-state index in [0.717, 1.165) is 0 Å². The molecule has 0 fully saturated rings. The molecule has 0 bridgehead atoms. The van der Waals surface area contributed by atoms with E-state index in [1.165, 1.54) is 10.6 Å². The van der Waals surface area contributed by atoms with Crippen molar-refractivity contribution in [3.8, 4) is 5.69 Å². The lowest BCUT2D eigenvalue weighted by molar-refractivity contribution is 0.102. The van der Waals surface area contributed by atoms with Crippen molar-refractivity contribution in [2.75, 3.05) is 11.9 Å². The molecule has 1 aliphatic heterocycles. The van der Waals surface area contributed by atoms with Crippen molar-refractivity contribution < 1.29 is 13.2 Å². The summed E-state index contributed by atoms with van der Waals surface area (Å²) in [5.41, 5.74) is 1.20. The number of sulfonamides is 1. The molecule has 9 heteroatoms. The maximum atomic E-state index is 13.4. The molecule has 156 valence electrons. The third-order valence-electron chi connectivity index (χ3n) is 5.01. The van der Waals surface area contributed by atoms with Crippen LogP contribution in [0, 0.1) is 5.92 Å². The minimum atomic E-state index is -3.71. The summed E-state index contributed by atoms with van der Waals surface area (Å²) < 4.78 is 29.8. The van der Waals surface area contributed by atoms with Crippen molar-refractivity contribution in [1.82, 2.24) is 18.8 Å². The minimum Gasteiger partial charge on any atom is -0.305 e. The van der Waals surface area contributed by atoms with E-state index in [1.807, 2.05) is 13.8 Å². The Morgan fingerprint density at radius 1 is 1.13 bits per heavy atom. The summed E-state index contributed by atoms with van der Waals surface area (Å²) in [6.45, 7) is 4.53. The molecule has 1 N–H and O–H groups in total. The third-order valence-corrected chi connectivity index (χ3v) is 6.91. The molecule has 0 radical (unpaired) electrons. The van der Waals surface area contributed by atoms with Gasteiger partial charge in [0, 0.05) is 12.7 Å². The van der Waals surface area contributed by atoms with Gasteiger partial charge in [-0.2, -0.15) is 4.31 Å². The zero-order valence-electron chi connectivity index (χ0n) is 16.8. The van der Waals surface area contributed by atoms with Gasteiger partial charge in [-0.05, 0) is 36.6 Å². The first-order valence-corrected chi connectivity index (χ1v) is 11.2. The Balaban J connectivity index is 1.78. The van der Waals surface area contributed by atoms with Crippen LogP contribution in [0.5, 0.6) is 0 Å². The van der Waals surface area contributed by atoms with Crippen molar-refractivity contribution in [3.63, 3.8) is 0 Å². The lowest BCUT2D eigenvalue weighted by atomic mass is 10.1. The number of carbonyl (C=O) groups excluding carboxylic acids is 1. The normalized spacial score (nSPS) is 15.3. The number of carbonyl (C=O) groups is 1. The molecule has 0 unspecified atom stereocenters. The standard InChI is InChI=1S/C21H23N5O3S/c1-15(2)10-12-25-13-17-20(21(27)24-19-9-5-6-11-22-19)23-14-26(17)16-7-3-4-8-18(16)30(25,28)29/h3-9,11,14-15H,10,12-13H2,1-2H3,(H,22,24,27). The molecule has 8 nitrogen and oxygen atoms in total. The highest BCUT2D eigenvalue weighted by Crippen LogP contribution is 2.31. The number of nitrogens with zero attached hydrogens (tertiary/aromatic N) is 4. The fourth-order valence-corrected chi connectivity index (χ4v) is 5.00. The summed E-state index contributed by atoms with van der Waals surface area (Å²) in [5.74, 6) is 0.320. The molecular weight excluding hydrogens is 402 g/mol. The molecule has 0 saturated carbocycles. The van der Waals surface area contributed by atoms with Crippen LogP contribution in [0.3, 0.4) is 0 Å². The molecule has 4 rings (SSSR count). The number of anilines is 1. The molecule has 0 saturated heterocycles. The lowest BCUT2D eigenvalue weighted by Gasteiger charge is -2.21. The summed E-state index contributed by atoms with van der Waals surface area (Å²) in [7, 11) is -3.71. The summed E-state index contributed by atoms with van der Waals surface area (Å²) >= 11 is 0. The number of aromatic nitrogens is 3. The number of amides is 1. The number of fused-ring (bicyclic) bond motifs is 3. The molecule has 0 atom stereocenters. The van der Waals surface area contributed by atoms with Crippen LogP contribution >= 0.6 is 0 Å². The first-order valence-electron chi connectivity index (χ1n) is 9.76. The molecule has 3 aromatic rings. The quantitative estimate of drug-likeness (QED) is 0.678. The smallest absolute Gasteiger partial charge is 0.277 e. The van der Waals surface area contributed by atoms with E-state index in [1.54, 1.807) is 53.2 Å². The van der Waals surface area contributed by atoms with E-state index in [4.69, 9.17) is 0 Å². The number of pyridine rings is 1. The van der Waals surface area contributed by atoms with Crippen molar-refractivity contribution >= 4 is 21.7 Å². The fraction of sp³-hybridized carbons (Fsp3) is 0.286. The van der Waals surface area contributed by atoms with Gasteiger partial charge in [-0.25, -0.2) is 18.4 Å². The van der Waals surface area contributed by atoms with E-state index < -0.39 is 15.9 Å². The zero-order valence-corrected chi connectivity index (χ0v) is 17.6. The van der Waals surface area contributed by atoms with Gasteiger partial charge in [0.15, 0.2) is 5.69 Å². The fourth-order valence-electron chi connectivity index (χ4n) is 3.40. The van der Waals surface area contributed by atoms with Gasteiger partial charge in [0.1, 0.15) is 17.0 Å². The molecule has 30 heavy (non-hydrogen) atoms. The second-order valence-electron chi connectivity index (χ2n) is 7.57. The maximum Gasteiger partial charge on any atom is 0.277 e. The van der Waals surface area contributed by atoms with E-state index >= 15 is 0 Å². The number of nitrogens with one attached hydrogen (secondary N) is 1. The van der Waals surface area contributed by atoms with Crippen LogP contribution in [0.25, 0.3) is 5.69 Å². The SMILES string of the molecule is CC(C)CCN1Cc2c(C(=O)Nc3ccccn3)ncn2-c2ccccc2S1(=O)=O. The Labute approximate surface area is 175 Å². The Hall–Kier alpha value is -3.04. The van der Waals surface area contributed by atoms with E-state index in [2.05, 4.69) is 15.3 Å². The van der Waals surface area contributed by atoms with Crippen molar-refractivity contribution in [3.05, 3.63) is 66.4 Å². The second kappa shape index (κ2) is 8.00. The number of imidazole rings is 1. The average Bonchev–Trinajstić information content (AvgIpc) is 3.11. The van der Waals surface area contributed by atoms with E-state index in [0.29, 0.717) is 36.1 Å². The van der Waals surface area contributed by atoms with Crippen LogP contribution in [0.2, 0.25) is 0 Å². The number of hydrogen-bond donors (Lipinski definition) is 1. The van der Waals surface area contributed by atoms with Crippen LogP contribution in [0.15, 0.2) is 59.9 Å². The highest BCUT2D eigenvalue weighted by Gasteiger charge is 2.34. The molecule has 3 heterocycles. The highest BCUT2D eigenvalue weighted by molar-refractivity contribution is 7.89. The second-order valence-corrected chi connectivity index (χ2v) is 9.47. The lowest BCUT2D eigenvalue weighted by Crippen LogP contribution is -2.32. The van der Waals surface area contributed by atoms with Crippen LogP contribution in [-0.4, -0.2) is 39.7 Å². The first-order chi connectivity index (χ1) is 14.4.